The number of carbonyl (C=O) groups is 2. The normalized spacial score (nSPS) is 21.1. The molecule has 3 aliphatic rings. The van der Waals surface area contributed by atoms with Gasteiger partial charge in [-0.25, -0.2) is 9.59 Å². The second kappa shape index (κ2) is 11.5. The van der Waals surface area contributed by atoms with E-state index in [0.717, 1.165) is 49.2 Å². The molecule has 1 unspecified atom stereocenters. The summed E-state index contributed by atoms with van der Waals surface area (Å²) >= 11 is 0. The van der Waals surface area contributed by atoms with Crippen LogP contribution in [0.4, 0.5) is 4.79 Å². The van der Waals surface area contributed by atoms with Crippen LogP contribution in [0, 0.1) is 5.92 Å². The van der Waals surface area contributed by atoms with Crippen LogP contribution in [0.15, 0.2) is 78.9 Å². The first-order valence-electron chi connectivity index (χ1n) is 12.8. The molecule has 6 rings (SSSR count). The average Bonchev–Trinajstić information content (AvgIpc) is 2.93. The molecule has 3 aliphatic heterocycles. The summed E-state index contributed by atoms with van der Waals surface area (Å²) in [5, 5.41) is 12.2. The Morgan fingerprint density at radius 2 is 1.68 bits per heavy atom. The van der Waals surface area contributed by atoms with E-state index >= 15 is 0 Å². The number of amides is 1. The van der Waals surface area contributed by atoms with E-state index in [1.54, 1.807) is 24.3 Å². The number of fused-ring (bicyclic) bond motifs is 3. The number of nitrogens with zero attached hydrogens (tertiary/aromatic N) is 1. The highest BCUT2D eigenvalue weighted by atomic mass is 16.6. The zero-order valence-corrected chi connectivity index (χ0v) is 20.7. The van der Waals surface area contributed by atoms with Gasteiger partial charge in [0.1, 0.15) is 11.9 Å². The summed E-state index contributed by atoms with van der Waals surface area (Å²) in [6.45, 7) is 3.45. The molecule has 2 atom stereocenters. The van der Waals surface area contributed by atoms with Crippen molar-refractivity contribution >= 4 is 12.1 Å². The minimum atomic E-state index is -0.936. The molecule has 0 radical (unpaired) electrons. The quantitative estimate of drug-likeness (QED) is 0.434. The van der Waals surface area contributed by atoms with Gasteiger partial charge in [0, 0.05) is 13.0 Å². The summed E-state index contributed by atoms with van der Waals surface area (Å²) in [5.74, 6) is 0.213. The number of carboxylic acid groups (broad SMARTS) is 1. The van der Waals surface area contributed by atoms with Crippen molar-refractivity contribution < 1.29 is 24.2 Å². The first-order valence-corrected chi connectivity index (χ1v) is 12.8. The maximum Gasteiger partial charge on any atom is 0.408 e. The van der Waals surface area contributed by atoms with Gasteiger partial charge in [0.25, 0.3) is 0 Å². The Bertz CT molecular complexity index is 1210. The van der Waals surface area contributed by atoms with E-state index in [-0.39, 0.29) is 17.7 Å². The molecule has 0 aromatic heterocycles. The van der Waals surface area contributed by atoms with Gasteiger partial charge in [-0.15, -0.1) is 0 Å². The van der Waals surface area contributed by atoms with Gasteiger partial charge >= 0.3 is 12.1 Å². The number of alkyl carbamates (subject to hydrolysis) is 1. The van der Waals surface area contributed by atoms with E-state index in [0.29, 0.717) is 24.7 Å². The summed E-state index contributed by atoms with van der Waals surface area (Å²) < 4.78 is 11.9. The monoisotopic (exact) mass is 500 g/mol. The van der Waals surface area contributed by atoms with Crippen LogP contribution < -0.4 is 10.1 Å². The lowest BCUT2D eigenvalue weighted by Gasteiger charge is -2.43. The lowest BCUT2D eigenvalue weighted by atomic mass is 9.86. The van der Waals surface area contributed by atoms with Crippen molar-refractivity contribution in [2.24, 2.45) is 5.92 Å². The number of carboxylic acids is 1. The third kappa shape index (κ3) is 6.30. The Morgan fingerprint density at radius 3 is 2.35 bits per heavy atom. The largest absolute Gasteiger partial charge is 0.493 e. The summed E-state index contributed by atoms with van der Waals surface area (Å²) in [5.41, 5.74) is 3.13. The predicted molar refractivity (Wildman–Crippen MR) is 140 cm³/mol. The number of aromatic carboxylic acids is 1. The third-order valence-corrected chi connectivity index (χ3v) is 7.30. The van der Waals surface area contributed by atoms with Crippen molar-refractivity contribution in [1.29, 1.82) is 0 Å². The molecule has 7 nitrogen and oxygen atoms in total. The van der Waals surface area contributed by atoms with Gasteiger partial charge < -0.3 is 19.9 Å². The molecular formula is C30H32N2O5. The van der Waals surface area contributed by atoms with Gasteiger partial charge in [-0.3, -0.25) is 4.90 Å². The molecule has 2 bridgehead atoms. The molecule has 3 saturated heterocycles. The fourth-order valence-corrected chi connectivity index (χ4v) is 5.22. The summed E-state index contributed by atoms with van der Waals surface area (Å²) in [7, 11) is 0. The van der Waals surface area contributed by atoms with Crippen molar-refractivity contribution in [2.75, 3.05) is 26.2 Å². The molecule has 0 aliphatic carbocycles. The van der Waals surface area contributed by atoms with Gasteiger partial charge in [0.05, 0.1) is 18.2 Å². The van der Waals surface area contributed by atoms with E-state index in [2.05, 4.69) is 10.2 Å². The molecule has 1 amide bonds. The number of hydrogen-bond donors (Lipinski definition) is 2. The lowest BCUT2D eigenvalue weighted by molar-refractivity contribution is -0.0336. The Kier molecular flexibility index (Phi) is 7.70. The SMILES string of the molecule is O=C(NC(c1ccccc1)c1cccc(OCCc2ccc(C(=O)O)cc2)c1)O[C@H]1CN2CCC1CC2. The predicted octanol–water partition coefficient (Wildman–Crippen LogP) is 4.92. The highest BCUT2D eigenvalue weighted by Crippen LogP contribution is 2.30. The number of nitrogens with one attached hydrogen (secondary N) is 1. The summed E-state index contributed by atoms with van der Waals surface area (Å²) in [6, 6.07) is 24.0. The van der Waals surface area contributed by atoms with Gasteiger partial charge in [-0.1, -0.05) is 54.6 Å². The summed E-state index contributed by atoms with van der Waals surface area (Å²) in [4.78, 5) is 26.4. The van der Waals surface area contributed by atoms with Crippen LogP contribution in [0.2, 0.25) is 0 Å². The second-order valence-corrected chi connectivity index (χ2v) is 9.74. The average molecular weight is 501 g/mol. The standard InChI is InChI=1S/C30H32N2O5/c33-29(34)24-11-9-21(10-12-24)15-18-36-26-8-4-7-25(19-26)28(23-5-2-1-3-6-23)31-30(35)37-27-20-32-16-13-22(27)14-17-32/h1-12,19,22,27-28H,13-18,20H2,(H,31,35)(H,33,34)/t27-,28?/m0/s1. The number of hydrogen-bond acceptors (Lipinski definition) is 5. The smallest absolute Gasteiger partial charge is 0.408 e. The fourth-order valence-electron chi connectivity index (χ4n) is 5.22. The maximum absolute atomic E-state index is 13.0. The molecule has 3 heterocycles. The minimum Gasteiger partial charge on any atom is -0.493 e. The minimum absolute atomic E-state index is 0.0573. The number of ether oxygens (including phenoxy) is 2. The molecule has 3 aromatic carbocycles. The second-order valence-electron chi connectivity index (χ2n) is 9.74. The number of piperidine rings is 3. The van der Waals surface area contributed by atoms with Gasteiger partial charge in [0.2, 0.25) is 0 Å². The van der Waals surface area contributed by atoms with E-state index in [9.17, 15) is 9.59 Å². The fraction of sp³-hybridized carbons (Fsp3) is 0.333. The first-order chi connectivity index (χ1) is 18.0. The first kappa shape index (κ1) is 24.8. The maximum atomic E-state index is 13.0. The van der Waals surface area contributed by atoms with Crippen molar-refractivity contribution in [2.45, 2.75) is 31.4 Å². The molecule has 37 heavy (non-hydrogen) atoms. The van der Waals surface area contributed by atoms with Crippen LogP contribution >= 0.6 is 0 Å². The van der Waals surface area contributed by atoms with E-state index < -0.39 is 12.1 Å². The van der Waals surface area contributed by atoms with Crippen LogP contribution in [0.25, 0.3) is 0 Å². The molecule has 0 saturated carbocycles. The number of carbonyl (C=O) groups excluding carboxylic acids is 1. The van der Waals surface area contributed by atoms with E-state index in [4.69, 9.17) is 14.6 Å². The van der Waals surface area contributed by atoms with Gasteiger partial charge in [0.15, 0.2) is 0 Å². The number of benzene rings is 3. The molecule has 7 heteroatoms. The van der Waals surface area contributed by atoms with Crippen LogP contribution in [0.5, 0.6) is 5.75 Å². The summed E-state index contributed by atoms with van der Waals surface area (Å²) in [6.07, 6.45) is 2.37. The van der Waals surface area contributed by atoms with Crippen LogP contribution in [-0.2, 0) is 11.2 Å². The zero-order valence-electron chi connectivity index (χ0n) is 20.7. The number of rotatable bonds is 9. The third-order valence-electron chi connectivity index (χ3n) is 7.30. The molecule has 3 aromatic rings. The Balaban J connectivity index is 1.24. The topological polar surface area (TPSA) is 88.1 Å². The van der Waals surface area contributed by atoms with Crippen LogP contribution in [0.1, 0.15) is 45.9 Å². The van der Waals surface area contributed by atoms with Crippen molar-refractivity contribution in [1.82, 2.24) is 10.2 Å². The Hall–Kier alpha value is -3.84. The molecule has 0 spiro atoms. The molecule has 2 N–H and O–H groups in total. The van der Waals surface area contributed by atoms with E-state index in [1.165, 1.54) is 0 Å². The van der Waals surface area contributed by atoms with Crippen molar-refractivity contribution in [3.05, 3.63) is 101 Å². The lowest BCUT2D eigenvalue weighted by Crippen LogP contribution is -2.52. The van der Waals surface area contributed by atoms with E-state index in [1.807, 2.05) is 54.6 Å². The van der Waals surface area contributed by atoms with Gasteiger partial charge in [-0.05, 0) is 72.8 Å². The van der Waals surface area contributed by atoms with Crippen molar-refractivity contribution in [3.8, 4) is 5.75 Å². The molecule has 3 fully saturated rings. The van der Waals surface area contributed by atoms with Crippen LogP contribution in [-0.4, -0.2) is 54.4 Å². The van der Waals surface area contributed by atoms with Crippen LogP contribution in [0.3, 0.4) is 0 Å². The highest BCUT2D eigenvalue weighted by molar-refractivity contribution is 5.87. The van der Waals surface area contributed by atoms with Gasteiger partial charge in [-0.2, -0.15) is 0 Å². The van der Waals surface area contributed by atoms with Crippen molar-refractivity contribution in [3.63, 3.8) is 0 Å². The molecular weight excluding hydrogens is 468 g/mol. The Labute approximate surface area is 217 Å². The Morgan fingerprint density at radius 1 is 0.946 bits per heavy atom. The highest BCUT2D eigenvalue weighted by Gasteiger charge is 2.36. The zero-order chi connectivity index (χ0) is 25.6. The molecule has 192 valence electrons.